The minimum Gasteiger partial charge on any atom is -0.384 e. The lowest BCUT2D eigenvalue weighted by Gasteiger charge is -2.12. The lowest BCUT2D eigenvalue weighted by Crippen LogP contribution is -2.27. The first-order valence-electron chi connectivity index (χ1n) is 8.88. The van der Waals surface area contributed by atoms with Gasteiger partial charge in [0.25, 0.3) is 10.0 Å². The van der Waals surface area contributed by atoms with Crippen molar-refractivity contribution in [2.75, 3.05) is 42.8 Å². The predicted octanol–water partition coefficient (Wildman–Crippen LogP) is 2.63. The Labute approximate surface area is 177 Å². The molecule has 0 bridgehead atoms. The van der Waals surface area contributed by atoms with Gasteiger partial charge >= 0.3 is 0 Å². The van der Waals surface area contributed by atoms with Gasteiger partial charge in [-0.25, -0.2) is 17.8 Å². The molecule has 2 rings (SSSR count). The number of sulfonamides is 1. The summed E-state index contributed by atoms with van der Waals surface area (Å²) >= 11 is 4.18. The standard InChI is InChI=1S/C16H24BrFN6O2S2/c1-2-19-7-8-20-5-3-4-6-21-14-10-13(18)15(9-12(14)17)28(25,26)24-16-22-11-23-27-16/h9-11,19-21H,2-8H2,1H3,(H,22,23,24). The van der Waals surface area contributed by atoms with Crippen molar-refractivity contribution in [3.63, 3.8) is 0 Å². The summed E-state index contributed by atoms with van der Waals surface area (Å²) in [6, 6.07) is 2.41. The van der Waals surface area contributed by atoms with Crippen LogP contribution in [0.4, 0.5) is 15.2 Å². The van der Waals surface area contributed by atoms with Crippen molar-refractivity contribution in [1.82, 2.24) is 20.0 Å². The number of anilines is 2. The van der Waals surface area contributed by atoms with E-state index in [-0.39, 0.29) is 5.13 Å². The van der Waals surface area contributed by atoms with Gasteiger partial charge in [-0.15, -0.1) is 0 Å². The fraction of sp³-hybridized carbons (Fsp3) is 0.500. The van der Waals surface area contributed by atoms with Crippen molar-refractivity contribution in [2.45, 2.75) is 24.7 Å². The van der Waals surface area contributed by atoms with E-state index in [2.05, 4.69) is 52.9 Å². The number of hydrogen-bond donors (Lipinski definition) is 4. The molecule has 0 saturated heterocycles. The van der Waals surface area contributed by atoms with Crippen molar-refractivity contribution < 1.29 is 12.8 Å². The molecule has 2 aromatic rings. The Kier molecular flexibility index (Phi) is 9.51. The van der Waals surface area contributed by atoms with Crippen LogP contribution in [0.5, 0.6) is 0 Å². The Bertz CT molecular complexity index is 836. The molecule has 0 radical (unpaired) electrons. The van der Waals surface area contributed by atoms with E-state index in [1.54, 1.807) is 0 Å². The SMILES string of the molecule is CCNCCNCCCCNc1cc(F)c(S(=O)(=O)Nc2ncns2)cc1Br. The van der Waals surface area contributed by atoms with E-state index in [9.17, 15) is 12.8 Å². The van der Waals surface area contributed by atoms with E-state index >= 15 is 0 Å². The van der Waals surface area contributed by atoms with Crippen LogP contribution in [-0.4, -0.2) is 50.5 Å². The lowest BCUT2D eigenvalue weighted by molar-refractivity contribution is 0.570. The quantitative estimate of drug-likeness (QED) is 0.317. The second-order valence-corrected chi connectivity index (χ2v) is 9.14. The number of aromatic nitrogens is 2. The Balaban J connectivity index is 1.84. The van der Waals surface area contributed by atoms with Crippen LogP contribution in [0.2, 0.25) is 0 Å². The van der Waals surface area contributed by atoms with E-state index in [0.717, 1.165) is 50.6 Å². The highest BCUT2D eigenvalue weighted by molar-refractivity contribution is 9.10. The number of benzene rings is 1. The highest BCUT2D eigenvalue weighted by Crippen LogP contribution is 2.29. The zero-order valence-corrected chi connectivity index (χ0v) is 18.7. The topological polar surface area (TPSA) is 108 Å². The van der Waals surface area contributed by atoms with Crippen LogP contribution in [0.3, 0.4) is 0 Å². The summed E-state index contributed by atoms with van der Waals surface area (Å²) in [6.45, 7) is 6.49. The molecule has 156 valence electrons. The highest BCUT2D eigenvalue weighted by Gasteiger charge is 2.22. The fourth-order valence-electron chi connectivity index (χ4n) is 2.33. The number of hydrogen-bond acceptors (Lipinski definition) is 8. The summed E-state index contributed by atoms with van der Waals surface area (Å²) < 4.78 is 45.5. The van der Waals surface area contributed by atoms with E-state index in [1.165, 1.54) is 18.5 Å². The van der Waals surface area contributed by atoms with E-state index in [1.807, 2.05) is 0 Å². The van der Waals surface area contributed by atoms with Gasteiger partial charge in [-0.05, 0) is 54.0 Å². The van der Waals surface area contributed by atoms with Gasteiger partial charge in [0.05, 0.1) is 5.69 Å². The van der Waals surface area contributed by atoms with Crippen LogP contribution in [-0.2, 0) is 10.0 Å². The minimum absolute atomic E-state index is 0.0804. The van der Waals surface area contributed by atoms with Gasteiger partial charge in [-0.3, -0.25) is 4.72 Å². The first kappa shape index (κ1) is 22.9. The van der Waals surface area contributed by atoms with Crippen LogP contribution in [0, 0.1) is 5.82 Å². The molecular formula is C16H24BrFN6O2S2. The zero-order chi connectivity index (χ0) is 20.4. The smallest absolute Gasteiger partial charge is 0.266 e. The molecule has 0 amide bonds. The molecule has 0 unspecified atom stereocenters. The largest absolute Gasteiger partial charge is 0.384 e. The average molecular weight is 495 g/mol. The van der Waals surface area contributed by atoms with Crippen molar-refractivity contribution >= 4 is 48.3 Å². The maximum absolute atomic E-state index is 14.4. The first-order valence-corrected chi connectivity index (χ1v) is 11.9. The molecule has 0 spiro atoms. The first-order chi connectivity index (χ1) is 13.4. The summed E-state index contributed by atoms with van der Waals surface area (Å²) in [5.74, 6) is -0.840. The molecule has 4 N–H and O–H groups in total. The molecule has 1 heterocycles. The highest BCUT2D eigenvalue weighted by atomic mass is 79.9. The summed E-state index contributed by atoms with van der Waals surface area (Å²) in [5.41, 5.74) is 0.507. The normalized spacial score (nSPS) is 11.5. The second kappa shape index (κ2) is 11.6. The number of unbranched alkanes of at least 4 members (excludes halogenated alkanes) is 1. The second-order valence-electron chi connectivity index (χ2n) is 5.85. The van der Waals surface area contributed by atoms with Crippen LogP contribution >= 0.6 is 27.5 Å². The third-order valence-corrected chi connectivity index (χ3v) is 6.44. The van der Waals surface area contributed by atoms with E-state index in [0.29, 0.717) is 16.7 Å². The number of likely N-dealkylation sites (N-methyl/N-ethyl adjacent to an activating group) is 1. The summed E-state index contributed by atoms with van der Waals surface area (Å²) in [6.07, 6.45) is 3.11. The number of nitrogens with one attached hydrogen (secondary N) is 4. The summed E-state index contributed by atoms with van der Waals surface area (Å²) in [4.78, 5) is 3.29. The number of halogens is 2. The Morgan fingerprint density at radius 1 is 1.14 bits per heavy atom. The van der Waals surface area contributed by atoms with Gasteiger partial charge in [0.2, 0.25) is 5.13 Å². The van der Waals surface area contributed by atoms with Gasteiger partial charge in [0, 0.05) is 35.6 Å². The predicted molar refractivity (Wildman–Crippen MR) is 114 cm³/mol. The monoisotopic (exact) mass is 494 g/mol. The lowest BCUT2D eigenvalue weighted by atomic mass is 10.2. The van der Waals surface area contributed by atoms with Gasteiger partial charge in [-0.2, -0.15) is 4.37 Å². The van der Waals surface area contributed by atoms with Gasteiger partial charge < -0.3 is 16.0 Å². The number of rotatable bonds is 13. The molecule has 0 aliphatic carbocycles. The third-order valence-electron chi connectivity index (χ3n) is 3.72. The Morgan fingerprint density at radius 2 is 1.89 bits per heavy atom. The molecule has 0 aliphatic rings. The van der Waals surface area contributed by atoms with Crippen LogP contribution < -0.4 is 20.7 Å². The van der Waals surface area contributed by atoms with Crippen molar-refractivity contribution in [3.05, 3.63) is 28.7 Å². The molecular weight excluding hydrogens is 471 g/mol. The van der Waals surface area contributed by atoms with Crippen molar-refractivity contribution in [3.8, 4) is 0 Å². The maximum Gasteiger partial charge on any atom is 0.266 e. The molecule has 0 aliphatic heterocycles. The molecule has 0 atom stereocenters. The average Bonchev–Trinajstić information content (AvgIpc) is 3.14. The van der Waals surface area contributed by atoms with E-state index < -0.39 is 20.7 Å². The fourth-order valence-corrected chi connectivity index (χ4v) is 4.72. The molecule has 28 heavy (non-hydrogen) atoms. The maximum atomic E-state index is 14.4. The van der Waals surface area contributed by atoms with Gasteiger partial charge in [-0.1, -0.05) is 6.92 Å². The third kappa shape index (κ3) is 7.24. The van der Waals surface area contributed by atoms with Crippen molar-refractivity contribution in [1.29, 1.82) is 0 Å². The van der Waals surface area contributed by atoms with Gasteiger partial charge in [0.15, 0.2) is 0 Å². The number of nitrogens with zero attached hydrogens (tertiary/aromatic N) is 2. The van der Waals surface area contributed by atoms with E-state index in [4.69, 9.17) is 0 Å². The zero-order valence-electron chi connectivity index (χ0n) is 15.5. The van der Waals surface area contributed by atoms with Gasteiger partial charge in [0.1, 0.15) is 17.0 Å². The summed E-state index contributed by atoms with van der Waals surface area (Å²) in [7, 11) is -4.08. The Morgan fingerprint density at radius 3 is 2.61 bits per heavy atom. The molecule has 1 aromatic carbocycles. The van der Waals surface area contributed by atoms with Crippen molar-refractivity contribution in [2.24, 2.45) is 0 Å². The summed E-state index contributed by atoms with van der Waals surface area (Å²) in [5, 5.41) is 9.79. The molecule has 12 heteroatoms. The minimum atomic E-state index is -4.08. The van der Waals surface area contributed by atoms with Crippen LogP contribution in [0.25, 0.3) is 0 Å². The molecule has 0 fully saturated rings. The van der Waals surface area contributed by atoms with Crippen LogP contribution in [0.1, 0.15) is 19.8 Å². The Hall–Kier alpha value is -1.34. The molecule has 1 aromatic heterocycles. The van der Waals surface area contributed by atoms with Crippen LogP contribution in [0.15, 0.2) is 27.8 Å². The molecule has 0 saturated carbocycles. The molecule has 8 nitrogen and oxygen atoms in total.